The SMILES string of the molecule is CS(=O)(=O)CCC1(S(=O)(=O)Oc2ccccc2)CN(Cc2ccccc2)Cc2ccccc21. The summed E-state index contributed by atoms with van der Waals surface area (Å²) in [7, 11) is -7.68. The third kappa shape index (κ3) is 5.29. The minimum Gasteiger partial charge on any atom is -0.382 e. The molecule has 33 heavy (non-hydrogen) atoms. The monoisotopic (exact) mass is 485 g/mol. The van der Waals surface area contributed by atoms with Gasteiger partial charge in [0.15, 0.2) is 0 Å². The Balaban J connectivity index is 1.81. The van der Waals surface area contributed by atoms with Crippen LogP contribution >= 0.6 is 0 Å². The highest BCUT2D eigenvalue weighted by Crippen LogP contribution is 2.43. The second-order valence-electron chi connectivity index (χ2n) is 8.51. The Bertz CT molecular complexity index is 1310. The van der Waals surface area contributed by atoms with Crippen LogP contribution in [0.4, 0.5) is 0 Å². The highest BCUT2D eigenvalue weighted by Gasteiger charge is 2.52. The van der Waals surface area contributed by atoms with Crippen LogP contribution in [0.1, 0.15) is 23.1 Å². The lowest BCUT2D eigenvalue weighted by molar-refractivity contribution is 0.196. The molecule has 0 radical (unpaired) electrons. The summed E-state index contributed by atoms with van der Waals surface area (Å²) in [6.07, 6.45) is 1.03. The standard InChI is InChI=1S/C25H27NO5S2/c1-32(27,28)17-16-25(33(29,30)31-23-13-6-3-7-14-23)20-26(18-21-10-4-2-5-11-21)19-22-12-8-9-15-24(22)25/h2-15H,16-20H2,1H3. The second kappa shape index (κ2) is 9.29. The van der Waals surface area contributed by atoms with Gasteiger partial charge in [0, 0.05) is 25.9 Å². The van der Waals surface area contributed by atoms with Gasteiger partial charge in [-0.2, -0.15) is 8.42 Å². The van der Waals surface area contributed by atoms with E-state index < -0.39 is 24.7 Å². The van der Waals surface area contributed by atoms with E-state index in [9.17, 15) is 16.8 Å². The third-order valence-corrected chi connectivity index (χ3v) is 8.80. The molecule has 0 fully saturated rings. The predicted molar refractivity (Wildman–Crippen MR) is 129 cm³/mol. The summed E-state index contributed by atoms with van der Waals surface area (Å²) in [5.74, 6) is -0.0633. The van der Waals surface area contributed by atoms with Crippen molar-refractivity contribution in [1.29, 1.82) is 0 Å². The molecule has 6 nitrogen and oxygen atoms in total. The minimum absolute atomic E-state index is 0.0939. The Morgan fingerprint density at radius 3 is 2.12 bits per heavy atom. The Morgan fingerprint density at radius 1 is 0.848 bits per heavy atom. The summed E-state index contributed by atoms with van der Waals surface area (Å²) in [4.78, 5) is 2.05. The molecule has 0 aromatic heterocycles. The smallest absolute Gasteiger partial charge is 0.320 e. The van der Waals surface area contributed by atoms with Crippen molar-refractivity contribution >= 4 is 20.0 Å². The number of sulfone groups is 1. The summed E-state index contributed by atoms with van der Waals surface area (Å²) < 4.78 is 56.2. The quantitative estimate of drug-likeness (QED) is 0.452. The molecule has 1 heterocycles. The number of fused-ring (bicyclic) bond motifs is 1. The van der Waals surface area contributed by atoms with Gasteiger partial charge < -0.3 is 4.18 Å². The molecule has 0 saturated carbocycles. The van der Waals surface area contributed by atoms with Crippen LogP contribution in [0.2, 0.25) is 0 Å². The van der Waals surface area contributed by atoms with Crippen LogP contribution in [-0.2, 0) is 37.8 Å². The van der Waals surface area contributed by atoms with Gasteiger partial charge in [0.2, 0.25) is 0 Å². The number of hydrogen-bond acceptors (Lipinski definition) is 6. The Kier molecular flexibility index (Phi) is 6.61. The molecule has 8 heteroatoms. The maximum atomic E-state index is 13.9. The molecule has 0 saturated heterocycles. The fourth-order valence-electron chi connectivity index (χ4n) is 4.38. The van der Waals surface area contributed by atoms with Gasteiger partial charge in [-0.05, 0) is 35.2 Å². The Morgan fingerprint density at radius 2 is 1.45 bits per heavy atom. The maximum absolute atomic E-state index is 13.9. The van der Waals surface area contributed by atoms with Crippen molar-refractivity contribution < 1.29 is 21.0 Å². The van der Waals surface area contributed by atoms with E-state index in [4.69, 9.17) is 4.18 Å². The minimum atomic E-state index is -4.27. The summed E-state index contributed by atoms with van der Waals surface area (Å²) in [5, 5.41) is 0. The molecule has 1 aliphatic rings. The number of benzene rings is 3. The zero-order valence-corrected chi connectivity index (χ0v) is 20.1. The zero-order valence-electron chi connectivity index (χ0n) is 18.4. The van der Waals surface area contributed by atoms with Gasteiger partial charge in [0.25, 0.3) is 0 Å². The normalized spacial score (nSPS) is 19.1. The van der Waals surface area contributed by atoms with Crippen molar-refractivity contribution in [2.75, 3.05) is 18.6 Å². The lowest BCUT2D eigenvalue weighted by Gasteiger charge is -2.43. The number of hydrogen-bond donors (Lipinski definition) is 0. The van der Waals surface area contributed by atoms with E-state index in [1.165, 1.54) is 0 Å². The average molecular weight is 486 g/mol. The van der Waals surface area contributed by atoms with Crippen LogP contribution < -0.4 is 4.18 Å². The highest BCUT2D eigenvalue weighted by molar-refractivity contribution is 7.91. The van der Waals surface area contributed by atoms with E-state index >= 15 is 0 Å². The van der Waals surface area contributed by atoms with Crippen molar-refractivity contribution in [3.63, 3.8) is 0 Å². The molecule has 1 unspecified atom stereocenters. The lowest BCUT2D eigenvalue weighted by Crippen LogP contribution is -2.52. The molecule has 0 amide bonds. The third-order valence-electron chi connectivity index (χ3n) is 5.93. The van der Waals surface area contributed by atoms with Crippen LogP contribution in [0, 0.1) is 0 Å². The van der Waals surface area contributed by atoms with Gasteiger partial charge in [-0.3, -0.25) is 4.90 Å². The highest BCUT2D eigenvalue weighted by atomic mass is 32.2. The molecule has 0 N–H and O–H groups in total. The first-order valence-corrected chi connectivity index (χ1v) is 14.2. The largest absolute Gasteiger partial charge is 0.382 e. The van der Waals surface area contributed by atoms with Crippen LogP contribution in [0.5, 0.6) is 5.75 Å². The van der Waals surface area contributed by atoms with E-state index in [2.05, 4.69) is 0 Å². The van der Waals surface area contributed by atoms with Crippen molar-refractivity contribution in [3.05, 3.63) is 102 Å². The Hall–Kier alpha value is -2.68. The average Bonchev–Trinajstić information content (AvgIpc) is 2.78. The molecule has 4 rings (SSSR count). The van der Waals surface area contributed by atoms with Crippen molar-refractivity contribution in [2.45, 2.75) is 24.3 Å². The van der Waals surface area contributed by atoms with E-state index in [1.807, 2.05) is 47.4 Å². The maximum Gasteiger partial charge on any atom is 0.320 e. The number of para-hydroxylation sites is 1. The van der Waals surface area contributed by atoms with E-state index in [0.29, 0.717) is 18.7 Å². The van der Waals surface area contributed by atoms with Gasteiger partial charge >= 0.3 is 10.1 Å². The van der Waals surface area contributed by atoms with Crippen LogP contribution in [0.3, 0.4) is 0 Å². The fraction of sp³-hybridized carbons (Fsp3) is 0.280. The molecular weight excluding hydrogens is 458 g/mol. The van der Waals surface area contributed by atoms with Gasteiger partial charge in [0.1, 0.15) is 20.3 Å². The molecular formula is C25H27NO5S2. The molecule has 3 aromatic rings. The molecule has 3 aromatic carbocycles. The Labute approximate surface area is 195 Å². The number of nitrogens with zero attached hydrogens (tertiary/aromatic N) is 1. The fourth-order valence-corrected chi connectivity index (χ4v) is 6.92. The predicted octanol–water partition coefficient (Wildman–Crippen LogP) is 3.74. The second-order valence-corrected chi connectivity index (χ2v) is 12.6. The number of rotatable bonds is 8. The summed E-state index contributed by atoms with van der Waals surface area (Å²) >= 11 is 0. The summed E-state index contributed by atoms with van der Waals surface area (Å²) in [6, 6.07) is 25.5. The molecule has 1 atom stereocenters. The molecule has 1 aliphatic heterocycles. The van der Waals surface area contributed by atoms with Crippen molar-refractivity contribution in [3.8, 4) is 5.75 Å². The van der Waals surface area contributed by atoms with Crippen LogP contribution in [0.15, 0.2) is 84.9 Å². The summed E-state index contributed by atoms with van der Waals surface area (Å²) in [5.41, 5.74) is 2.51. The topological polar surface area (TPSA) is 80.8 Å². The zero-order chi connectivity index (χ0) is 23.5. The van der Waals surface area contributed by atoms with Crippen LogP contribution in [0.25, 0.3) is 0 Å². The summed E-state index contributed by atoms with van der Waals surface area (Å²) in [6.45, 7) is 1.23. The molecule has 0 aliphatic carbocycles. The van der Waals surface area contributed by atoms with E-state index in [1.54, 1.807) is 42.5 Å². The van der Waals surface area contributed by atoms with Gasteiger partial charge in [-0.15, -0.1) is 0 Å². The van der Waals surface area contributed by atoms with E-state index in [0.717, 1.165) is 17.4 Å². The van der Waals surface area contributed by atoms with E-state index in [-0.39, 0.29) is 24.5 Å². The molecule has 174 valence electrons. The van der Waals surface area contributed by atoms with Crippen LogP contribution in [-0.4, -0.2) is 40.3 Å². The van der Waals surface area contributed by atoms with Gasteiger partial charge in [-0.25, -0.2) is 8.42 Å². The first kappa shape index (κ1) is 23.5. The van der Waals surface area contributed by atoms with Gasteiger partial charge in [0.05, 0.1) is 5.75 Å². The first-order valence-electron chi connectivity index (χ1n) is 10.7. The van der Waals surface area contributed by atoms with Crippen molar-refractivity contribution in [2.24, 2.45) is 0 Å². The molecule has 0 bridgehead atoms. The van der Waals surface area contributed by atoms with Gasteiger partial charge in [-0.1, -0.05) is 72.8 Å². The lowest BCUT2D eigenvalue weighted by atomic mass is 9.86. The first-order chi connectivity index (χ1) is 15.7. The molecule has 0 spiro atoms. The van der Waals surface area contributed by atoms with Crippen molar-refractivity contribution in [1.82, 2.24) is 4.90 Å².